The second kappa shape index (κ2) is 5.92. The molecule has 1 aromatic carbocycles. The number of rotatable bonds is 3. The summed E-state index contributed by atoms with van der Waals surface area (Å²) in [5.41, 5.74) is 1.36. The molecule has 2 aromatic rings. The van der Waals surface area contributed by atoms with Gasteiger partial charge in [-0.2, -0.15) is 0 Å². The van der Waals surface area contributed by atoms with Gasteiger partial charge in [-0.05, 0) is 17.7 Å². The van der Waals surface area contributed by atoms with E-state index in [2.05, 4.69) is 45.1 Å². The fourth-order valence-corrected chi connectivity index (χ4v) is 2.54. The minimum atomic E-state index is 0.219. The Labute approximate surface area is 119 Å². The molecule has 0 unspecified atom stereocenters. The largest absolute Gasteiger partial charge is 0.506 e. The number of hydrogen-bond donors (Lipinski definition) is 1. The van der Waals surface area contributed by atoms with E-state index in [4.69, 9.17) is 0 Å². The molecule has 1 fully saturated rings. The van der Waals surface area contributed by atoms with Gasteiger partial charge in [0, 0.05) is 32.7 Å². The highest BCUT2D eigenvalue weighted by Gasteiger charge is 2.17. The van der Waals surface area contributed by atoms with Crippen molar-refractivity contribution in [2.45, 2.75) is 6.54 Å². The highest BCUT2D eigenvalue weighted by atomic mass is 16.3. The molecule has 20 heavy (non-hydrogen) atoms. The molecule has 0 spiro atoms. The van der Waals surface area contributed by atoms with Crippen LogP contribution in [0.1, 0.15) is 5.56 Å². The first-order valence-corrected chi connectivity index (χ1v) is 6.97. The van der Waals surface area contributed by atoms with E-state index in [-0.39, 0.29) is 5.75 Å². The number of hydrogen-bond acceptors (Lipinski definition) is 4. The van der Waals surface area contributed by atoms with Crippen LogP contribution >= 0.6 is 0 Å². The van der Waals surface area contributed by atoms with Crippen molar-refractivity contribution in [1.29, 1.82) is 0 Å². The van der Waals surface area contributed by atoms with Gasteiger partial charge in [0.15, 0.2) is 0 Å². The van der Waals surface area contributed by atoms with Crippen LogP contribution in [0.25, 0.3) is 0 Å². The Bertz CT molecular complexity index is 533. The van der Waals surface area contributed by atoms with Gasteiger partial charge in [-0.1, -0.05) is 30.3 Å². The van der Waals surface area contributed by atoms with Crippen molar-refractivity contribution in [2.75, 3.05) is 31.1 Å². The molecular formula is C16H19N3O. The molecule has 1 saturated heterocycles. The molecule has 0 bridgehead atoms. The van der Waals surface area contributed by atoms with Gasteiger partial charge >= 0.3 is 0 Å². The van der Waals surface area contributed by atoms with E-state index >= 15 is 0 Å². The maximum Gasteiger partial charge on any atom is 0.134 e. The minimum absolute atomic E-state index is 0.219. The summed E-state index contributed by atoms with van der Waals surface area (Å²) in [7, 11) is 0. The van der Waals surface area contributed by atoms with Crippen molar-refractivity contribution in [3.05, 3.63) is 54.2 Å². The second-order valence-electron chi connectivity index (χ2n) is 5.12. The van der Waals surface area contributed by atoms with Gasteiger partial charge < -0.3 is 10.0 Å². The third-order valence-electron chi connectivity index (χ3n) is 3.68. The minimum Gasteiger partial charge on any atom is -0.506 e. The lowest BCUT2D eigenvalue weighted by molar-refractivity contribution is 0.249. The lowest BCUT2D eigenvalue weighted by Gasteiger charge is -2.35. The first-order valence-electron chi connectivity index (χ1n) is 6.97. The average molecular weight is 269 g/mol. The standard InChI is InChI=1S/C16H19N3O/c20-15-6-7-16(17-12-15)19-10-8-18(9-11-19)13-14-4-2-1-3-5-14/h1-7,12,20H,8-11,13H2. The summed E-state index contributed by atoms with van der Waals surface area (Å²) >= 11 is 0. The predicted molar refractivity (Wildman–Crippen MR) is 79.8 cm³/mol. The molecule has 1 aromatic heterocycles. The zero-order valence-corrected chi connectivity index (χ0v) is 11.4. The molecule has 0 atom stereocenters. The summed E-state index contributed by atoms with van der Waals surface area (Å²) in [5, 5.41) is 9.27. The van der Waals surface area contributed by atoms with E-state index < -0.39 is 0 Å². The summed E-state index contributed by atoms with van der Waals surface area (Å²) in [6, 6.07) is 14.2. The van der Waals surface area contributed by atoms with Crippen molar-refractivity contribution in [1.82, 2.24) is 9.88 Å². The van der Waals surface area contributed by atoms with E-state index in [1.807, 2.05) is 6.07 Å². The Hall–Kier alpha value is -2.07. The molecule has 4 nitrogen and oxygen atoms in total. The topological polar surface area (TPSA) is 39.6 Å². The molecule has 4 heteroatoms. The zero-order chi connectivity index (χ0) is 13.8. The van der Waals surface area contributed by atoms with E-state index in [9.17, 15) is 5.11 Å². The number of aromatic nitrogens is 1. The highest BCUT2D eigenvalue weighted by molar-refractivity contribution is 5.41. The molecule has 0 radical (unpaired) electrons. The molecule has 1 aliphatic heterocycles. The number of nitrogens with zero attached hydrogens (tertiary/aromatic N) is 3. The molecular weight excluding hydrogens is 250 g/mol. The summed E-state index contributed by atoms with van der Waals surface area (Å²) in [5.74, 6) is 1.17. The third kappa shape index (κ3) is 3.08. The van der Waals surface area contributed by atoms with Crippen LogP contribution in [-0.2, 0) is 6.54 Å². The van der Waals surface area contributed by atoms with Crippen LogP contribution < -0.4 is 4.90 Å². The monoisotopic (exact) mass is 269 g/mol. The smallest absolute Gasteiger partial charge is 0.134 e. The Morgan fingerprint density at radius 2 is 1.70 bits per heavy atom. The van der Waals surface area contributed by atoms with E-state index in [0.29, 0.717) is 0 Å². The molecule has 1 N–H and O–H groups in total. The van der Waals surface area contributed by atoms with Gasteiger partial charge in [0.05, 0.1) is 6.20 Å². The Morgan fingerprint density at radius 3 is 2.35 bits per heavy atom. The molecule has 1 aliphatic rings. The normalized spacial score (nSPS) is 16.3. The fraction of sp³-hybridized carbons (Fsp3) is 0.312. The van der Waals surface area contributed by atoms with Crippen LogP contribution in [-0.4, -0.2) is 41.2 Å². The van der Waals surface area contributed by atoms with Gasteiger partial charge in [0.25, 0.3) is 0 Å². The third-order valence-corrected chi connectivity index (χ3v) is 3.68. The molecule has 104 valence electrons. The van der Waals surface area contributed by atoms with Crippen molar-refractivity contribution in [3.63, 3.8) is 0 Å². The number of anilines is 1. The molecule has 3 rings (SSSR count). The number of aromatic hydroxyl groups is 1. The van der Waals surface area contributed by atoms with Gasteiger partial charge in [-0.15, -0.1) is 0 Å². The van der Waals surface area contributed by atoms with Crippen molar-refractivity contribution in [2.24, 2.45) is 0 Å². The first kappa shape index (κ1) is 12.9. The molecule has 0 amide bonds. The zero-order valence-electron chi connectivity index (χ0n) is 11.4. The molecule has 0 saturated carbocycles. The van der Waals surface area contributed by atoms with Crippen LogP contribution in [0.4, 0.5) is 5.82 Å². The van der Waals surface area contributed by atoms with Crippen LogP contribution in [0.2, 0.25) is 0 Å². The Morgan fingerprint density at radius 1 is 0.950 bits per heavy atom. The molecule has 0 aliphatic carbocycles. The number of benzene rings is 1. The van der Waals surface area contributed by atoms with Crippen molar-refractivity contribution in [3.8, 4) is 5.75 Å². The number of pyridine rings is 1. The molecule has 2 heterocycles. The second-order valence-corrected chi connectivity index (χ2v) is 5.12. The predicted octanol–water partition coefficient (Wildman–Crippen LogP) is 2.11. The van der Waals surface area contributed by atoms with Crippen molar-refractivity contribution >= 4 is 5.82 Å². The Kier molecular flexibility index (Phi) is 3.83. The highest BCUT2D eigenvalue weighted by Crippen LogP contribution is 2.17. The lowest BCUT2D eigenvalue weighted by atomic mass is 10.2. The lowest BCUT2D eigenvalue weighted by Crippen LogP contribution is -2.46. The maximum absolute atomic E-state index is 9.27. The first-order chi connectivity index (χ1) is 9.81. The van der Waals surface area contributed by atoms with Crippen LogP contribution in [0, 0.1) is 0 Å². The van der Waals surface area contributed by atoms with Gasteiger partial charge in [0.2, 0.25) is 0 Å². The number of piperazine rings is 1. The summed E-state index contributed by atoms with van der Waals surface area (Å²) in [6.45, 7) is 5.04. The van der Waals surface area contributed by atoms with Gasteiger partial charge in [0.1, 0.15) is 11.6 Å². The Balaban J connectivity index is 1.55. The van der Waals surface area contributed by atoms with E-state index in [1.54, 1.807) is 6.07 Å². The van der Waals surface area contributed by atoms with Crippen LogP contribution in [0.5, 0.6) is 5.75 Å². The van der Waals surface area contributed by atoms with Gasteiger partial charge in [-0.25, -0.2) is 4.98 Å². The quantitative estimate of drug-likeness (QED) is 0.926. The van der Waals surface area contributed by atoms with Gasteiger partial charge in [-0.3, -0.25) is 4.90 Å². The summed E-state index contributed by atoms with van der Waals surface area (Å²) < 4.78 is 0. The van der Waals surface area contributed by atoms with Crippen LogP contribution in [0.3, 0.4) is 0 Å². The van der Waals surface area contributed by atoms with Crippen LogP contribution in [0.15, 0.2) is 48.7 Å². The fourth-order valence-electron chi connectivity index (χ4n) is 2.54. The average Bonchev–Trinajstić information content (AvgIpc) is 2.50. The summed E-state index contributed by atoms with van der Waals surface area (Å²) in [4.78, 5) is 9.00. The maximum atomic E-state index is 9.27. The SMILES string of the molecule is Oc1ccc(N2CCN(Cc3ccccc3)CC2)nc1. The van der Waals surface area contributed by atoms with Crippen molar-refractivity contribution < 1.29 is 5.11 Å². The summed E-state index contributed by atoms with van der Waals surface area (Å²) in [6.07, 6.45) is 1.51. The van der Waals surface area contributed by atoms with E-state index in [0.717, 1.165) is 38.5 Å². The van der Waals surface area contributed by atoms with E-state index in [1.165, 1.54) is 11.8 Å².